The fourth-order valence-electron chi connectivity index (χ4n) is 1.57. The standard InChI is InChI=1S/C13H18FNO/c1-2-11(9-15-10-7-8-10)16-13-6-4-3-5-12(13)14/h3-6,10-11,15H,2,7-9H2,1H3. The first-order chi connectivity index (χ1) is 7.79. The molecular weight excluding hydrogens is 205 g/mol. The number of ether oxygens (including phenoxy) is 1. The topological polar surface area (TPSA) is 21.3 Å². The lowest BCUT2D eigenvalue weighted by atomic mass is 10.2. The van der Waals surface area contributed by atoms with Crippen molar-refractivity contribution in [1.82, 2.24) is 5.32 Å². The Morgan fingerprint density at radius 1 is 1.44 bits per heavy atom. The van der Waals surface area contributed by atoms with Crippen LogP contribution in [-0.2, 0) is 0 Å². The summed E-state index contributed by atoms with van der Waals surface area (Å²) in [5.74, 6) is 0.0688. The Hall–Kier alpha value is -1.09. The summed E-state index contributed by atoms with van der Waals surface area (Å²) in [7, 11) is 0. The van der Waals surface area contributed by atoms with Crippen LogP contribution >= 0.6 is 0 Å². The number of hydrogen-bond donors (Lipinski definition) is 1. The van der Waals surface area contributed by atoms with Crippen LogP contribution in [0.1, 0.15) is 26.2 Å². The van der Waals surface area contributed by atoms with Crippen molar-refractivity contribution < 1.29 is 9.13 Å². The second kappa shape index (κ2) is 5.30. The maximum absolute atomic E-state index is 13.4. The van der Waals surface area contributed by atoms with Gasteiger partial charge in [0, 0.05) is 12.6 Å². The second-order valence-corrected chi connectivity index (χ2v) is 4.26. The monoisotopic (exact) mass is 223 g/mol. The molecule has 1 fully saturated rings. The molecule has 88 valence electrons. The molecule has 16 heavy (non-hydrogen) atoms. The molecule has 2 rings (SSSR count). The van der Waals surface area contributed by atoms with Crippen molar-refractivity contribution in [2.24, 2.45) is 0 Å². The molecule has 0 heterocycles. The van der Waals surface area contributed by atoms with Crippen LogP contribution in [0.3, 0.4) is 0 Å². The van der Waals surface area contributed by atoms with Crippen LogP contribution in [0.15, 0.2) is 24.3 Å². The molecule has 1 aliphatic carbocycles. The first-order valence-corrected chi connectivity index (χ1v) is 5.94. The summed E-state index contributed by atoms with van der Waals surface area (Å²) >= 11 is 0. The molecule has 1 aliphatic rings. The van der Waals surface area contributed by atoms with Crippen molar-refractivity contribution in [3.8, 4) is 5.75 Å². The quantitative estimate of drug-likeness (QED) is 0.800. The fraction of sp³-hybridized carbons (Fsp3) is 0.538. The smallest absolute Gasteiger partial charge is 0.165 e. The van der Waals surface area contributed by atoms with Crippen LogP contribution in [0.25, 0.3) is 0 Å². The maximum atomic E-state index is 13.4. The van der Waals surface area contributed by atoms with Crippen LogP contribution in [0.2, 0.25) is 0 Å². The van der Waals surface area contributed by atoms with E-state index >= 15 is 0 Å². The van der Waals surface area contributed by atoms with Crippen molar-refractivity contribution in [2.45, 2.75) is 38.3 Å². The molecule has 1 aromatic rings. The molecule has 0 saturated heterocycles. The molecule has 0 aliphatic heterocycles. The molecule has 0 amide bonds. The lowest BCUT2D eigenvalue weighted by Crippen LogP contribution is -2.32. The number of hydrogen-bond acceptors (Lipinski definition) is 2. The molecule has 2 nitrogen and oxygen atoms in total. The van der Waals surface area contributed by atoms with Gasteiger partial charge in [0.25, 0.3) is 0 Å². The van der Waals surface area contributed by atoms with Gasteiger partial charge in [-0.05, 0) is 31.4 Å². The molecule has 0 spiro atoms. The highest BCUT2D eigenvalue weighted by atomic mass is 19.1. The molecule has 3 heteroatoms. The van der Waals surface area contributed by atoms with E-state index in [2.05, 4.69) is 12.2 Å². The highest BCUT2D eigenvalue weighted by molar-refractivity contribution is 5.23. The highest BCUT2D eigenvalue weighted by Crippen LogP contribution is 2.20. The Morgan fingerprint density at radius 2 is 2.19 bits per heavy atom. The van der Waals surface area contributed by atoms with E-state index in [0.717, 1.165) is 13.0 Å². The zero-order valence-electron chi connectivity index (χ0n) is 9.58. The van der Waals surface area contributed by atoms with Gasteiger partial charge in [-0.1, -0.05) is 19.1 Å². The highest BCUT2D eigenvalue weighted by Gasteiger charge is 2.22. The molecule has 1 unspecified atom stereocenters. The van der Waals surface area contributed by atoms with Crippen molar-refractivity contribution in [3.05, 3.63) is 30.1 Å². The van der Waals surface area contributed by atoms with Gasteiger partial charge < -0.3 is 10.1 Å². The third-order valence-corrected chi connectivity index (χ3v) is 2.80. The molecule has 0 aromatic heterocycles. The zero-order valence-corrected chi connectivity index (χ0v) is 9.58. The number of rotatable bonds is 6. The van der Waals surface area contributed by atoms with Crippen LogP contribution in [0.4, 0.5) is 4.39 Å². The first kappa shape index (κ1) is 11.4. The van der Waals surface area contributed by atoms with Gasteiger partial charge in [-0.2, -0.15) is 0 Å². The number of halogens is 1. The van der Waals surface area contributed by atoms with E-state index in [1.165, 1.54) is 18.9 Å². The average Bonchev–Trinajstić information content (AvgIpc) is 3.10. The molecular formula is C13H18FNO. The minimum Gasteiger partial charge on any atom is -0.486 e. The normalized spacial score (nSPS) is 17.1. The largest absolute Gasteiger partial charge is 0.486 e. The first-order valence-electron chi connectivity index (χ1n) is 5.94. The summed E-state index contributed by atoms with van der Waals surface area (Å²) in [6, 6.07) is 7.23. The van der Waals surface area contributed by atoms with Crippen LogP contribution < -0.4 is 10.1 Å². The summed E-state index contributed by atoms with van der Waals surface area (Å²) in [4.78, 5) is 0. The third kappa shape index (κ3) is 3.20. The summed E-state index contributed by atoms with van der Waals surface area (Å²) in [5.41, 5.74) is 0. The molecule has 1 N–H and O–H groups in total. The van der Waals surface area contributed by atoms with Gasteiger partial charge in [-0.25, -0.2) is 4.39 Å². The van der Waals surface area contributed by atoms with E-state index in [4.69, 9.17) is 4.74 Å². The van der Waals surface area contributed by atoms with Gasteiger partial charge in [0.05, 0.1) is 0 Å². The van der Waals surface area contributed by atoms with Crippen LogP contribution in [0.5, 0.6) is 5.75 Å². The summed E-state index contributed by atoms with van der Waals surface area (Å²) < 4.78 is 19.0. The van der Waals surface area contributed by atoms with Gasteiger partial charge in [0.1, 0.15) is 6.10 Å². The van der Waals surface area contributed by atoms with E-state index in [1.54, 1.807) is 18.2 Å². The van der Waals surface area contributed by atoms with Crippen LogP contribution in [0, 0.1) is 5.82 Å². The Morgan fingerprint density at radius 3 is 2.81 bits per heavy atom. The van der Waals surface area contributed by atoms with Crippen molar-refractivity contribution in [3.63, 3.8) is 0 Å². The molecule has 1 aromatic carbocycles. The summed E-state index contributed by atoms with van der Waals surface area (Å²) in [5, 5.41) is 3.40. The predicted octanol–water partition coefficient (Wildman–Crippen LogP) is 2.74. The van der Waals surface area contributed by atoms with E-state index < -0.39 is 0 Å². The lowest BCUT2D eigenvalue weighted by molar-refractivity contribution is 0.185. The summed E-state index contributed by atoms with van der Waals surface area (Å²) in [6.07, 6.45) is 3.46. The van der Waals surface area contributed by atoms with Crippen molar-refractivity contribution >= 4 is 0 Å². The molecule has 1 saturated carbocycles. The Kier molecular flexibility index (Phi) is 3.78. The molecule has 0 radical (unpaired) electrons. The Labute approximate surface area is 95.8 Å². The SMILES string of the molecule is CCC(CNC1CC1)Oc1ccccc1F. The van der Waals surface area contributed by atoms with Gasteiger partial charge in [0.15, 0.2) is 11.6 Å². The lowest BCUT2D eigenvalue weighted by Gasteiger charge is -2.18. The van der Waals surface area contributed by atoms with E-state index in [9.17, 15) is 4.39 Å². The average molecular weight is 223 g/mol. The Balaban J connectivity index is 1.87. The van der Waals surface area contributed by atoms with Crippen molar-refractivity contribution in [2.75, 3.05) is 6.54 Å². The summed E-state index contributed by atoms with van der Waals surface area (Å²) in [6.45, 7) is 2.86. The number of nitrogens with one attached hydrogen (secondary N) is 1. The molecule has 1 atom stereocenters. The number of benzene rings is 1. The predicted molar refractivity (Wildman–Crippen MR) is 62.1 cm³/mol. The van der Waals surface area contributed by atoms with E-state index in [0.29, 0.717) is 11.8 Å². The van der Waals surface area contributed by atoms with Gasteiger partial charge >= 0.3 is 0 Å². The Bertz CT molecular complexity index is 338. The third-order valence-electron chi connectivity index (χ3n) is 2.80. The van der Waals surface area contributed by atoms with Crippen LogP contribution in [-0.4, -0.2) is 18.7 Å². The zero-order chi connectivity index (χ0) is 11.4. The van der Waals surface area contributed by atoms with Gasteiger partial charge in [-0.15, -0.1) is 0 Å². The minimum atomic E-state index is -0.285. The minimum absolute atomic E-state index is 0.0532. The van der Waals surface area contributed by atoms with Gasteiger partial charge in [-0.3, -0.25) is 0 Å². The van der Waals surface area contributed by atoms with Gasteiger partial charge in [0.2, 0.25) is 0 Å². The molecule has 0 bridgehead atoms. The number of para-hydroxylation sites is 1. The maximum Gasteiger partial charge on any atom is 0.165 e. The van der Waals surface area contributed by atoms with Crippen molar-refractivity contribution in [1.29, 1.82) is 0 Å². The van der Waals surface area contributed by atoms with E-state index in [1.807, 2.05) is 0 Å². The van der Waals surface area contributed by atoms with E-state index in [-0.39, 0.29) is 11.9 Å². The fourth-order valence-corrected chi connectivity index (χ4v) is 1.57. The second-order valence-electron chi connectivity index (χ2n) is 4.26.